The number of nitro groups is 1. The maximum Gasteiger partial charge on any atom is 0.270 e. The fourth-order valence-corrected chi connectivity index (χ4v) is 4.19. The van der Waals surface area contributed by atoms with Crippen molar-refractivity contribution in [2.75, 3.05) is 26.2 Å². The van der Waals surface area contributed by atoms with Crippen molar-refractivity contribution in [3.63, 3.8) is 0 Å². The molecule has 166 valence electrons. The molecule has 2 aromatic rings. The van der Waals surface area contributed by atoms with Gasteiger partial charge in [-0.05, 0) is 19.9 Å². The average Bonchev–Trinajstić information content (AvgIpc) is 3.10. The largest absolute Gasteiger partial charge is 0.357 e. The summed E-state index contributed by atoms with van der Waals surface area (Å²) in [6.45, 7) is 5.54. The number of halogens is 1. The van der Waals surface area contributed by atoms with Crippen LogP contribution in [0.2, 0.25) is 0 Å². The third-order valence-corrected chi connectivity index (χ3v) is 6.09. The molecule has 0 spiro atoms. The number of benzene rings is 1. The molecule has 0 unspecified atom stereocenters. The number of aryl methyl sites for hydroxylation is 1. The number of sulfonamides is 1. The molecule has 0 saturated carbocycles. The van der Waals surface area contributed by atoms with Crippen LogP contribution in [0.5, 0.6) is 0 Å². The topological polar surface area (TPSA) is 139 Å². The molecule has 0 aliphatic heterocycles. The Labute approximate surface area is 196 Å². The quantitative estimate of drug-likeness (QED) is 0.0996. The molecule has 2 rings (SSSR count). The van der Waals surface area contributed by atoms with Gasteiger partial charge in [0.15, 0.2) is 5.96 Å². The molecule has 0 saturated heterocycles. The Morgan fingerprint density at radius 1 is 1.30 bits per heavy atom. The van der Waals surface area contributed by atoms with Crippen LogP contribution in [0.15, 0.2) is 40.4 Å². The number of nitrogens with one attached hydrogen (secondary N) is 3. The maximum atomic E-state index is 12.3. The van der Waals surface area contributed by atoms with Crippen molar-refractivity contribution in [2.24, 2.45) is 4.99 Å². The number of aliphatic imine (C=N–C) groups is 1. The standard InChI is InChI=1S/C17H24N6O4S2.HI/c1-3-18-17(19-8-7-16-21-12-13(2)28-16)20-9-10-22-29(26,27)15-6-4-5-14(11-15)23(24)25;/h4-6,11-12,22H,3,7-10H2,1-2H3,(H2,18,19,20);1H. The third kappa shape index (κ3) is 8.49. The number of aromatic nitrogens is 1. The molecule has 13 heteroatoms. The van der Waals surface area contributed by atoms with Gasteiger partial charge in [0.2, 0.25) is 10.0 Å². The monoisotopic (exact) mass is 568 g/mol. The highest BCUT2D eigenvalue weighted by Gasteiger charge is 2.16. The highest BCUT2D eigenvalue weighted by molar-refractivity contribution is 14.0. The lowest BCUT2D eigenvalue weighted by molar-refractivity contribution is -0.385. The van der Waals surface area contributed by atoms with Gasteiger partial charge in [-0.25, -0.2) is 18.1 Å². The summed E-state index contributed by atoms with van der Waals surface area (Å²) in [6.07, 6.45) is 2.61. The van der Waals surface area contributed by atoms with Gasteiger partial charge in [0.05, 0.1) is 21.4 Å². The van der Waals surface area contributed by atoms with Crippen molar-refractivity contribution >= 4 is 57.0 Å². The molecule has 0 aliphatic carbocycles. The molecule has 30 heavy (non-hydrogen) atoms. The number of rotatable bonds is 10. The maximum absolute atomic E-state index is 12.3. The molecule has 1 aromatic heterocycles. The highest BCUT2D eigenvalue weighted by atomic mass is 127. The van der Waals surface area contributed by atoms with Gasteiger partial charge in [-0.3, -0.25) is 15.1 Å². The van der Waals surface area contributed by atoms with Crippen LogP contribution in [-0.2, 0) is 16.4 Å². The number of hydrogen-bond donors (Lipinski definition) is 3. The smallest absolute Gasteiger partial charge is 0.270 e. The lowest BCUT2D eigenvalue weighted by atomic mass is 10.3. The van der Waals surface area contributed by atoms with Crippen LogP contribution in [-0.4, -0.2) is 50.5 Å². The first kappa shape index (κ1) is 26.2. The average molecular weight is 568 g/mol. The summed E-state index contributed by atoms with van der Waals surface area (Å²) >= 11 is 1.65. The Morgan fingerprint density at radius 3 is 2.70 bits per heavy atom. The summed E-state index contributed by atoms with van der Waals surface area (Å²) in [5, 5.41) is 18.1. The predicted molar refractivity (Wildman–Crippen MR) is 128 cm³/mol. The van der Waals surface area contributed by atoms with Gasteiger partial charge >= 0.3 is 0 Å². The zero-order valence-electron chi connectivity index (χ0n) is 16.6. The number of nitrogens with zero attached hydrogens (tertiary/aromatic N) is 3. The first-order valence-corrected chi connectivity index (χ1v) is 11.3. The van der Waals surface area contributed by atoms with Crippen molar-refractivity contribution in [2.45, 2.75) is 25.2 Å². The number of hydrogen-bond acceptors (Lipinski definition) is 7. The Morgan fingerprint density at radius 2 is 2.07 bits per heavy atom. The van der Waals surface area contributed by atoms with Gasteiger partial charge in [-0.1, -0.05) is 6.07 Å². The lowest BCUT2D eigenvalue weighted by Gasteiger charge is -2.11. The van der Waals surface area contributed by atoms with Crippen molar-refractivity contribution in [1.29, 1.82) is 0 Å². The van der Waals surface area contributed by atoms with E-state index in [1.54, 1.807) is 11.3 Å². The van der Waals surface area contributed by atoms with Crippen LogP contribution < -0.4 is 15.4 Å². The molecule has 1 heterocycles. The lowest BCUT2D eigenvalue weighted by Crippen LogP contribution is -2.39. The van der Waals surface area contributed by atoms with Crippen LogP contribution in [0.3, 0.4) is 0 Å². The second kappa shape index (κ2) is 12.8. The van der Waals surface area contributed by atoms with E-state index in [1.165, 1.54) is 18.2 Å². The molecule has 0 fully saturated rings. The van der Waals surface area contributed by atoms with E-state index in [1.807, 2.05) is 20.0 Å². The first-order valence-electron chi connectivity index (χ1n) is 8.99. The minimum absolute atomic E-state index is 0. The van der Waals surface area contributed by atoms with E-state index in [0.717, 1.165) is 22.4 Å². The van der Waals surface area contributed by atoms with Gasteiger partial charge in [-0.15, -0.1) is 35.3 Å². The molecule has 10 nitrogen and oxygen atoms in total. The fourth-order valence-electron chi connectivity index (χ4n) is 2.34. The van der Waals surface area contributed by atoms with E-state index < -0.39 is 14.9 Å². The molecule has 0 atom stereocenters. The van der Waals surface area contributed by atoms with E-state index in [0.29, 0.717) is 19.0 Å². The third-order valence-electron chi connectivity index (χ3n) is 3.66. The van der Waals surface area contributed by atoms with Crippen molar-refractivity contribution in [1.82, 2.24) is 20.3 Å². The fraction of sp³-hybridized carbons (Fsp3) is 0.412. The number of non-ortho nitro benzene ring substituents is 1. The summed E-state index contributed by atoms with van der Waals surface area (Å²) in [7, 11) is -3.85. The highest BCUT2D eigenvalue weighted by Crippen LogP contribution is 2.16. The van der Waals surface area contributed by atoms with Crippen molar-refractivity contribution in [3.05, 3.63) is 50.5 Å². The molecule has 0 amide bonds. The van der Waals surface area contributed by atoms with Gasteiger partial charge < -0.3 is 10.6 Å². The van der Waals surface area contributed by atoms with Gasteiger partial charge in [-0.2, -0.15) is 0 Å². The van der Waals surface area contributed by atoms with Crippen LogP contribution >= 0.6 is 35.3 Å². The molecular weight excluding hydrogens is 543 g/mol. The normalized spacial score (nSPS) is 11.6. The number of thiazole rings is 1. The van der Waals surface area contributed by atoms with Gasteiger partial charge in [0, 0.05) is 49.3 Å². The van der Waals surface area contributed by atoms with E-state index in [2.05, 4.69) is 25.3 Å². The zero-order valence-corrected chi connectivity index (χ0v) is 20.6. The van der Waals surface area contributed by atoms with E-state index in [4.69, 9.17) is 0 Å². The molecule has 0 aliphatic rings. The van der Waals surface area contributed by atoms with Crippen molar-refractivity contribution < 1.29 is 13.3 Å². The number of guanidine groups is 1. The predicted octanol–water partition coefficient (Wildman–Crippen LogP) is 2.05. The molecule has 0 radical (unpaired) electrons. The molecular formula is C17H25IN6O4S2. The molecule has 3 N–H and O–H groups in total. The Balaban J connectivity index is 0.00000450. The summed E-state index contributed by atoms with van der Waals surface area (Å²) in [4.78, 5) is 19.8. The van der Waals surface area contributed by atoms with E-state index in [-0.39, 0.29) is 47.6 Å². The first-order chi connectivity index (χ1) is 13.8. The second-order valence-corrected chi connectivity index (χ2v) is 9.04. The SMILES string of the molecule is CCNC(=NCCNS(=O)(=O)c1cccc([N+](=O)[O-])c1)NCCc1ncc(C)s1.I. The summed E-state index contributed by atoms with van der Waals surface area (Å²) in [5.74, 6) is 0.579. The van der Waals surface area contributed by atoms with Crippen LogP contribution in [0.1, 0.15) is 16.8 Å². The van der Waals surface area contributed by atoms with Gasteiger partial charge in [0.25, 0.3) is 5.69 Å². The van der Waals surface area contributed by atoms with Crippen LogP contribution in [0, 0.1) is 17.0 Å². The summed E-state index contributed by atoms with van der Waals surface area (Å²) in [6, 6.07) is 4.91. The van der Waals surface area contributed by atoms with Gasteiger partial charge in [0.1, 0.15) is 0 Å². The second-order valence-electron chi connectivity index (χ2n) is 5.95. The van der Waals surface area contributed by atoms with Crippen LogP contribution in [0.4, 0.5) is 5.69 Å². The van der Waals surface area contributed by atoms with Crippen LogP contribution in [0.25, 0.3) is 0 Å². The zero-order chi connectivity index (χ0) is 21.3. The van der Waals surface area contributed by atoms with Crippen molar-refractivity contribution in [3.8, 4) is 0 Å². The minimum Gasteiger partial charge on any atom is -0.357 e. The van der Waals surface area contributed by atoms with E-state index >= 15 is 0 Å². The molecule has 1 aromatic carbocycles. The molecule has 0 bridgehead atoms. The minimum atomic E-state index is -3.85. The summed E-state index contributed by atoms with van der Waals surface area (Å²) in [5.41, 5.74) is -0.278. The van der Waals surface area contributed by atoms with E-state index in [9.17, 15) is 18.5 Å². The Bertz CT molecular complexity index is 965. The Hall–Kier alpha value is -1.84. The number of nitro benzene ring substituents is 1. The Kier molecular flexibility index (Phi) is 11.1. The summed E-state index contributed by atoms with van der Waals surface area (Å²) < 4.78 is 27.0.